The number of benzene rings is 1. The molecule has 0 spiro atoms. The third kappa shape index (κ3) is 2.63. The van der Waals surface area contributed by atoms with Gasteiger partial charge >= 0.3 is 0 Å². The molecule has 1 atom stereocenters. The first kappa shape index (κ1) is 11.6. The quantitative estimate of drug-likeness (QED) is 0.865. The van der Waals surface area contributed by atoms with Crippen molar-refractivity contribution < 1.29 is 8.60 Å². The van der Waals surface area contributed by atoms with Crippen molar-refractivity contribution in [2.45, 2.75) is 10.1 Å². The summed E-state index contributed by atoms with van der Waals surface area (Å²) in [5.74, 6) is -0.287. The van der Waals surface area contributed by atoms with E-state index in [-0.39, 0.29) is 16.9 Å². The second-order valence-electron chi connectivity index (χ2n) is 2.91. The van der Waals surface area contributed by atoms with Crippen LogP contribution in [0.25, 0.3) is 0 Å². The van der Waals surface area contributed by atoms with Crippen LogP contribution in [0.3, 0.4) is 0 Å². The predicted molar refractivity (Wildman–Crippen MR) is 61.4 cm³/mol. The van der Waals surface area contributed by atoms with Gasteiger partial charge in [0.25, 0.3) is 0 Å². The van der Waals surface area contributed by atoms with Crippen molar-refractivity contribution in [3.63, 3.8) is 0 Å². The molecule has 0 aliphatic rings. The van der Waals surface area contributed by atoms with Crippen LogP contribution < -0.4 is 0 Å². The van der Waals surface area contributed by atoms with Crippen LogP contribution in [0, 0.1) is 5.82 Å². The lowest BCUT2D eigenvalue weighted by atomic mass is 10.2. The Morgan fingerprint density at radius 2 is 2.19 bits per heavy atom. The molecule has 0 bridgehead atoms. The maximum atomic E-state index is 13.3. The van der Waals surface area contributed by atoms with Gasteiger partial charge in [0.2, 0.25) is 9.62 Å². The van der Waals surface area contributed by atoms with Gasteiger partial charge in [0.15, 0.2) is 0 Å². The number of hydrogen-bond donors (Lipinski definition) is 0. The summed E-state index contributed by atoms with van der Waals surface area (Å²) in [5.41, 5.74) is 0.396. The maximum Gasteiger partial charge on any atom is 0.235 e. The molecular weight excluding hydrogens is 271 g/mol. The molecule has 1 aromatic carbocycles. The molecule has 0 unspecified atom stereocenters. The summed E-state index contributed by atoms with van der Waals surface area (Å²) in [7, 11) is -1.40. The van der Waals surface area contributed by atoms with E-state index in [0.29, 0.717) is 9.90 Å². The first-order chi connectivity index (χ1) is 7.66. The van der Waals surface area contributed by atoms with Gasteiger partial charge in [-0.3, -0.25) is 4.21 Å². The van der Waals surface area contributed by atoms with E-state index in [4.69, 9.17) is 11.6 Å². The zero-order chi connectivity index (χ0) is 11.5. The van der Waals surface area contributed by atoms with Gasteiger partial charge in [0.05, 0.1) is 16.6 Å². The van der Waals surface area contributed by atoms with Crippen molar-refractivity contribution in [1.82, 2.24) is 9.36 Å². The lowest BCUT2D eigenvalue weighted by Gasteiger charge is -2.00. The summed E-state index contributed by atoms with van der Waals surface area (Å²) >= 11 is 6.49. The fraction of sp³-hybridized carbons (Fsp3) is 0.111. The zero-order valence-corrected chi connectivity index (χ0v) is 10.3. The minimum atomic E-state index is -1.40. The van der Waals surface area contributed by atoms with Crippen LogP contribution in [-0.2, 0) is 16.6 Å². The van der Waals surface area contributed by atoms with Gasteiger partial charge in [0.1, 0.15) is 5.82 Å². The van der Waals surface area contributed by atoms with Crippen LogP contribution >= 0.6 is 23.1 Å². The number of aromatic nitrogens is 2. The molecule has 2 aromatic rings. The molecule has 0 saturated carbocycles. The largest absolute Gasteiger partial charge is 0.251 e. The molecule has 1 heterocycles. The van der Waals surface area contributed by atoms with Gasteiger partial charge < -0.3 is 0 Å². The number of rotatable bonds is 3. The lowest BCUT2D eigenvalue weighted by Crippen LogP contribution is -1.98. The molecule has 7 heteroatoms. The van der Waals surface area contributed by atoms with Crippen molar-refractivity contribution >= 4 is 33.9 Å². The molecule has 0 radical (unpaired) electrons. The summed E-state index contributed by atoms with van der Waals surface area (Å²) in [5, 5.41) is 0.0712. The van der Waals surface area contributed by atoms with E-state index in [1.54, 1.807) is 18.2 Å². The Morgan fingerprint density at radius 3 is 2.81 bits per heavy atom. The molecule has 84 valence electrons. The molecule has 0 N–H and O–H groups in total. The Bertz CT molecular complexity index is 532. The Labute approximate surface area is 103 Å². The molecular formula is C9H6ClFN2OS2. The van der Waals surface area contributed by atoms with Crippen LogP contribution in [0.5, 0.6) is 0 Å². The van der Waals surface area contributed by atoms with Crippen molar-refractivity contribution in [3.05, 3.63) is 40.9 Å². The van der Waals surface area contributed by atoms with Gasteiger partial charge in [-0.2, -0.15) is 9.36 Å². The van der Waals surface area contributed by atoms with E-state index in [9.17, 15) is 8.60 Å². The van der Waals surface area contributed by atoms with Crippen molar-refractivity contribution in [1.29, 1.82) is 0 Å². The van der Waals surface area contributed by atoms with Gasteiger partial charge in [-0.15, -0.1) is 0 Å². The van der Waals surface area contributed by atoms with Crippen LogP contribution in [0.1, 0.15) is 5.56 Å². The molecule has 0 aliphatic heterocycles. The first-order valence-electron chi connectivity index (χ1n) is 4.28. The Morgan fingerprint density at radius 1 is 1.44 bits per heavy atom. The highest BCUT2D eigenvalue weighted by atomic mass is 35.5. The highest BCUT2D eigenvalue weighted by Crippen LogP contribution is 2.17. The summed E-state index contributed by atoms with van der Waals surface area (Å²) in [6.45, 7) is 0. The first-order valence-corrected chi connectivity index (χ1v) is 6.75. The van der Waals surface area contributed by atoms with Crippen LogP contribution in [0.2, 0.25) is 5.28 Å². The molecule has 0 saturated heterocycles. The molecule has 0 fully saturated rings. The summed E-state index contributed by atoms with van der Waals surface area (Å²) in [6, 6.07) is 6.21. The van der Waals surface area contributed by atoms with Crippen LogP contribution in [-0.4, -0.2) is 13.6 Å². The summed E-state index contributed by atoms with van der Waals surface area (Å²) in [6.07, 6.45) is 0. The maximum absolute atomic E-state index is 13.3. The molecule has 3 nitrogen and oxygen atoms in total. The number of nitrogens with zero attached hydrogens (tertiary/aromatic N) is 2. The SMILES string of the molecule is O=[S@@](Cc1ccccc1F)c1nc(Cl)ns1. The van der Waals surface area contributed by atoms with Gasteiger partial charge in [-0.25, -0.2) is 4.39 Å². The number of halogens is 2. The van der Waals surface area contributed by atoms with E-state index in [0.717, 1.165) is 11.5 Å². The van der Waals surface area contributed by atoms with E-state index in [1.807, 2.05) is 0 Å². The topological polar surface area (TPSA) is 42.9 Å². The standard InChI is InChI=1S/C9H6ClFN2OS2/c10-8-12-9(15-13-8)16(14)5-6-3-1-2-4-7(6)11/h1-4H,5H2/t16-/m0/s1. The van der Waals surface area contributed by atoms with Crippen molar-refractivity contribution in [2.75, 3.05) is 0 Å². The van der Waals surface area contributed by atoms with E-state index in [2.05, 4.69) is 9.36 Å². The third-order valence-electron chi connectivity index (χ3n) is 1.82. The van der Waals surface area contributed by atoms with Gasteiger partial charge in [0, 0.05) is 5.56 Å². The molecule has 1 aromatic heterocycles. The minimum absolute atomic E-state index is 0.0712. The smallest absolute Gasteiger partial charge is 0.235 e. The molecule has 16 heavy (non-hydrogen) atoms. The Kier molecular flexibility index (Phi) is 3.63. The lowest BCUT2D eigenvalue weighted by molar-refractivity contribution is 0.615. The highest BCUT2D eigenvalue weighted by Gasteiger charge is 2.12. The molecule has 0 aliphatic carbocycles. The van der Waals surface area contributed by atoms with Gasteiger partial charge in [-0.1, -0.05) is 18.2 Å². The predicted octanol–water partition coefficient (Wildman–Crippen LogP) is 2.64. The minimum Gasteiger partial charge on any atom is -0.251 e. The Balaban J connectivity index is 2.17. The Hall–Kier alpha value is -0.850. The summed E-state index contributed by atoms with van der Waals surface area (Å²) in [4.78, 5) is 3.79. The zero-order valence-electron chi connectivity index (χ0n) is 7.89. The normalized spacial score (nSPS) is 12.6. The second kappa shape index (κ2) is 4.99. The monoisotopic (exact) mass is 276 g/mol. The fourth-order valence-electron chi connectivity index (χ4n) is 1.10. The summed E-state index contributed by atoms with van der Waals surface area (Å²) < 4.78 is 29.1. The van der Waals surface area contributed by atoms with Gasteiger partial charge in [-0.05, 0) is 29.2 Å². The average molecular weight is 277 g/mol. The van der Waals surface area contributed by atoms with Crippen LogP contribution in [0.4, 0.5) is 4.39 Å². The molecule has 0 amide bonds. The van der Waals surface area contributed by atoms with E-state index in [1.165, 1.54) is 6.07 Å². The fourth-order valence-corrected chi connectivity index (χ4v) is 3.16. The highest BCUT2D eigenvalue weighted by molar-refractivity contribution is 7.86. The number of hydrogen-bond acceptors (Lipinski definition) is 4. The molecule has 2 rings (SSSR count). The van der Waals surface area contributed by atoms with Crippen LogP contribution in [0.15, 0.2) is 28.6 Å². The third-order valence-corrected chi connectivity index (χ3v) is 4.44. The van der Waals surface area contributed by atoms with Crippen molar-refractivity contribution in [2.24, 2.45) is 0 Å². The average Bonchev–Trinajstić information content (AvgIpc) is 2.68. The second-order valence-corrected chi connectivity index (χ2v) is 5.63. The van der Waals surface area contributed by atoms with E-state index >= 15 is 0 Å². The van der Waals surface area contributed by atoms with Crippen molar-refractivity contribution in [3.8, 4) is 0 Å². The van der Waals surface area contributed by atoms with E-state index < -0.39 is 10.8 Å².